The van der Waals surface area contributed by atoms with Gasteiger partial charge in [0.15, 0.2) is 18.1 Å². The van der Waals surface area contributed by atoms with E-state index in [1.54, 1.807) is 25.4 Å². The highest BCUT2D eigenvalue weighted by molar-refractivity contribution is 5.98. The second kappa shape index (κ2) is 28.2. The Morgan fingerprint density at radius 3 is 1.71 bits per heavy atom. The molecule has 0 radical (unpaired) electrons. The number of aromatic hydroxyl groups is 1. The van der Waals surface area contributed by atoms with Gasteiger partial charge >= 0.3 is 0 Å². The molecule has 77 heavy (non-hydrogen) atoms. The van der Waals surface area contributed by atoms with Crippen molar-refractivity contribution in [3.8, 4) is 34.3 Å². The number of ether oxygens (including phenoxy) is 4. The highest BCUT2D eigenvalue weighted by atomic mass is 16.5. The molecule has 0 aliphatic carbocycles. The number of rotatable bonds is 20. The number of pyridine rings is 4. The molecule has 8 rings (SSSR count). The van der Waals surface area contributed by atoms with Gasteiger partial charge in [-0.1, -0.05) is 78.9 Å². The molecule has 2 amide bonds. The monoisotopic (exact) mass is 1040 g/mol. The summed E-state index contributed by atoms with van der Waals surface area (Å²) in [5, 5.41) is 16.1. The number of hydrogen-bond donors (Lipinski definition) is 3. The van der Waals surface area contributed by atoms with Gasteiger partial charge in [0, 0.05) is 82.8 Å². The van der Waals surface area contributed by atoms with Crippen molar-refractivity contribution < 1.29 is 33.6 Å². The summed E-state index contributed by atoms with van der Waals surface area (Å²) in [7, 11) is 1.74. The van der Waals surface area contributed by atoms with Gasteiger partial charge in [-0.3, -0.25) is 29.4 Å². The number of carbonyl (C=O) groups is 2. The number of carbonyl (C=O) groups excluding carboxylic acids is 2. The number of benzene rings is 2. The molecule has 1 unspecified atom stereocenters. The van der Waals surface area contributed by atoms with Crippen LogP contribution in [0, 0.1) is 5.41 Å². The number of phenols is 1. The zero-order chi connectivity index (χ0) is 53.7. The number of hydrogen-bond acceptors (Lipinski definition) is 15. The van der Waals surface area contributed by atoms with E-state index in [1.807, 2.05) is 128 Å². The summed E-state index contributed by atoms with van der Waals surface area (Å²) in [5.74, 6) is -0.480. The average Bonchev–Trinajstić information content (AvgIpc) is 3.43. The molecule has 0 fully saturated rings. The van der Waals surface area contributed by atoms with Crippen LogP contribution in [0.5, 0.6) is 11.5 Å². The van der Waals surface area contributed by atoms with E-state index in [9.17, 15) is 14.7 Å². The van der Waals surface area contributed by atoms with Crippen molar-refractivity contribution in [3.05, 3.63) is 179 Å². The molecule has 6 heterocycles. The first-order chi connectivity index (χ1) is 37.6. The van der Waals surface area contributed by atoms with E-state index in [0.717, 1.165) is 56.7 Å². The van der Waals surface area contributed by atoms with Gasteiger partial charge in [-0.25, -0.2) is 19.9 Å². The Hall–Kier alpha value is -8.06. The fourth-order valence-corrected chi connectivity index (χ4v) is 9.01. The van der Waals surface area contributed by atoms with Crippen LogP contribution in [0.2, 0.25) is 0 Å². The number of aromatic nitrogens is 4. The zero-order valence-corrected chi connectivity index (χ0v) is 43.7. The van der Waals surface area contributed by atoms with Crippen LogP contribution in [0.15, 0.2) is 155 Å². The van der Waals surface area contributed by atoms with E-state index in [1.165, 1.54) is 6.07 Å². The first-order valence-electron chi connectivity index (χ1n) is 25.7. The summed E-state index contributed by atoms with van der Waals surface area (Å²) in [5.41, 5.74) is 8.64. The predicted octanol–water partition coefficient (Wildman–Crippen LogP) is 7.39. The molecule has 4 aromatic heterocycles. The van der Waals surface area contributed by atoms with Gasteiger partial charge < -0.3 is 34.7 Å². The topological polar surface area (TPSA) is 198 Å². The molecule has 398 valence electrons. The summed E-state index contributed by atoms with van der Waals surface area (Å²) in [6, 6.07) is 38.9. The molecule has 0 saturated carbocycles. The minimum absolute atomic E-state index is 0.0524. The molecule has 2 aliphatic rings. The van der Waals surface area contributed by atoms with Crippen molar-refractivity contribution in [1.29, 1.82) is 0 Å². The quantitative estimate of drug-likeness (QED) is 0.0389. The molecule has 2 aromatic carbocycles. The second-order valence-corrected chi connectivity index (χ2v) is 18.8. The van der Waals surface area contributed by atoms with Gasteiger partial charge in [0.2, 0.25) is 0 Å². The summed E-state index contributed by atoms with van der Waals surface area (Å²) < 4.78 is 22.8. The SMILES string of the molecule is C=NC=C1CN2Cc3cccc(n3)-c3cccc(n3)CN(Cc3cccc(n3)-c3cccc(n3)C2)CC(C)(C=NC)C=C1C(=O)NCCOCCOCCOCCNC(=O)COc1cc(/C=C/c2ccccc2)ccc1O. The molecule has 0 saturated heterocycles. The van der Waals surface area contributed by atoms with Crippen molar-refractivity contribution >= 4 is 36.9 Å². The largest absolute Gasteiger partial charge is 0.504 e. The Labute approximate surface area is 450 Å². The first-order valence-corrected chi connectivity index (χ1v) is 25.7. The number of fused-ring (bicyclic) bond motifs is 16. The molecule has 1 atom stereocenters. The minimum atomic E-state index is -0.769. The third-order valence-corrected chi connectivity index (χ3v) is 12.4. The van der Waals surface area contributed by atoms with Crippen molar-refractivity contribution in [2.24, 2.45) is 15.4 Å². The van der Waals surface area contributed by atoms with E-state index in [2.05, 4.69) is 44.1 Å². The van der Waals surface area contributed by atoms with Crippen molar-refractivity contribution in [2.45, 2.75) is 33.1 Å². The lowest BCUT2D eigenvalue weighted by Gasteiger charge is -2.32. The highest BCUT2D eigenvalue weighted by Crippen LogP contribution is 2.30. The van der Waals surface area contributed by atoms with Crippen LogP contribution in [0.25, 0.3) is 34.9 Å². The predicted molar refractivity (Wildman–Crippen MR) is 299 cm³/mol. The van der Waals surface area contributed by atoms with Gasteiger partial charge in [0.05, 0.1) is 85.2 Å². The van der Waals surface area contributed by atoms with E-state index in [0.29, 0.717) is 76.8 Å². The molecule has 17 heteroatoms. The first kappa shape index (κ1) is 55.2. The van der Waals surface area contributed by atoms with Crippen molar-refractivity contribution in [1.82, 2.24) is 40.4 Å². The molecule has 10 bridgehead atoms. The lowest BCUT2D eigenvalue weighted by atomic mass is 9.86. The summed E-state index contributed by atoms with van der Waals surface area (Å²) in [4.78, 5) is 60.8. The Balaban J connectivity index is 0.860. The molecule has 3 N–H and O–H groups in total. The molecular formula is C60H66N10O7. The molecule has 6 aromatic rings. The van der Waals surface area contributed by atoms with Crippen molar-refractivity contribution in [3.63, 3.8) is 0 Å². The van der Waals surface area contributed by atoms with Crippen LogP contribution >= 0.6 is 0 Å². The molecular weight excluding hydrogens is 973 g/mol. The number of aliphatic imine (C=N–C) groups is 2. The zero-order valence-electron chi connectivity index (χ0n) is 43.7. The van der Waals surface area contributed by atoms with E-state index in [-0.39, 0.29) is 56.2 Å². The van der Waals surface area contributed by atoms with E-state index in [4.69, 9.17) is 38.9 Å². The maximum absolute atomic E-state index is 14.7. The standard InChI is InChI=1S/C60H66N10O7/c1-60(42-62-3)34-51(59(73)64-26-28-75-30-32-76-31-29-74-27-25-63-58(72)41-77-57-33-45(23-24-56(57)71)22-21-44-11-5-4-6-12-44)46(35-61-2)36-69-37-47-13-7-17-52(65-47)54-19-9-15-49(67-54)39-70(43-60)40-50-16-10-20-55(68-50)53-18-8-14-48(38-69)66-53/h4-24,33-35,42,71H,2,25-32,36-41,43H2,1,3H3,(H,63,72)(H,64,73)/b22-21+,46-35?,51-34?,62-42?. The third-order valence-electron chi connectivity index (χ3n) is 12.4. The van der Waals surface area contributed by atoms with E-state index < -0.39 is 5.41 Å². The lowest BCUT2D eigenvalue weighted by Crippen LogP contribution is -2.38. The van der Waals surface area contributed by atoms with Gasteiger partial charge in [0.1, 0.15) is 0 Å². The van der Waals surface area contributed by atoms with Crippen LogP contribution < -0.4 is 15.4 Å². The smallest absolute Gasteiger partial charge is 0.258 e. The number of nitrogens with one attached hydrogen (secondary N) is 2. The average molecular weight is 1040 g/mol. The Morgan fingerprint density at radius 1 is 0.649 bits per heavy atom. The number of nitrogens with zero attached hydrogens (tertiary/aromatic N) is 8. The van der Waals surface area contributed by atoms with Crippen LogP contribution in [0.3, 0.4) is 0 Å². The van der Waals surface area contributed by atoms with Crippen molar-refractivity contribution in [2.75, 3.05) is 79.5 Å². The fourth-order valence-electron chi connectivity index (χ4n) is 9.01. The second-order valence-electron chi connectivity index (χ2n) is 18.8. The summed E-state index contributed by atoms with van der Waals surface area (Å²) >= 11 is 0. The molecule has 0 spiro atoms. The Morgan fingerprint density at radius 2 is 1.17 bits per heavy atom. The maximum Gasteiger partial charge on any atom is 0.258 e. The highest BCUT2D eigenvalue weighted by Gasteiger charge is 2.29. The third kappa shape index (κ3) is 17.0. The van der Waals surface area contributed by atoms with Crippen LogP contribution in [-0.2, 0) is 50.0 Å². The Kier molecular flexibility index (Phi) is 20.2. The van der Waals surface area contributed by atoms with E-state index >= 15 is 0 Å². The van der Waals surface area contributed by atoms with Gasteiger partial charge in [-0.05, 0) is 91.0 Å². The molecule has 17 nitrogen and oxygen atoms in total. The lowest BCUT2D eigenvalue weighted by molar-refractivity contribution is -0.123. The van der Waals surface area contributed by atoms with Crippen LogP contribution in [0.1, 0.15) is 40.8 Å². The fraction of sp³-hybridized carbons (Fsp3) is 0.300. The number of amides is 2. The van der Waals surface area contributed by atoms with Gasteiger partial charge in [0.25, 0.3) is 11.8 Å². The summed E-state index contributed by atoms with van der Waals surface area (Å²) in [6.07, 6.45) is 9.40. The normalized spacial score (nSPS) is 18.1. The van der Waals surface area contributed by atoms with Gasteiger partial charge in [-0.15, -0.1) is 0 Å². The summed E-state index contributed by atoms with van der Waals surface area (Å²) in [6.45, 7) is 10.5. The number of phenolic OH excluding ortho intramolecular Hbond substituents is 1. The molecule has 2 aliphatic heterocycles. The van der Waals surface area contributed by atoms with Crippen LogP contribution in [0.4, 0.5) is 0 Å². The maximum atomic E-state index is 14.7. The van der Waals surface area contributed by atoms with Crippen LogP contribution in [-0.4, -0.2) is 139 Å². The van der Waals surface area contributed by atoms with Gasteiger partial charge in [-0.2, -0.15) is 0 Å². The Bertz CT molecular complexity index is 2980. The minimum Gasteiger partial charge on any atom is -0.504 e.